The number of fused-ring (bicyclic) bond motifs is 1. The van der Waals surface area contributed by atoms with Crippen LogP contribution in [0.4, 0.5) is 0 Å². The van der Waals surface area contributed by atoms with E-state index in [9.17, 15) is 0 Å². The molecule has 0 bridgehead atoms. The minimum absolute atomic E-state index is 0.224. The van der Waals surface area contributed by atoms with Gasteiger partial charge in [0, 0.05) is 19.6 Å². The highest BCUT2D eigenvalue weighted by atomic mass is 16.7. The summed E-state index contributed by atoms with van der Waals surface area (Å²) < 4.78 is 12.3. The third kappa shape index (κ3) is 2.83. The second-order valence-corrected chi connectivity index (χ2v) is 7.37. The summed E-state index contributed by atoms with van der Waals surface area (Å²) in [6, 6.07) is 6.52. The Morgan fingerprint density at radius 3 is 2.45 bits per heavy atom. The maximum absolute atomic E-state index is 9.08. The second-order valence-electron chi connectivity index (χ2n) is 7.37. The number of aliphatic hydroxyl groups excluding tert-OH is 1. The van der Waals surface area contributed by atoms with E-state index in [1.165, 1.54) is 11.1 Å². The quantitative estimate of drug-likeness (QED) is 0.856. The molecule has 0 spiro atoms. The van der Waals surface area contributed by atoms with Gasteiger partial charge in [0.2, 0.25) is 0 Å². The molecule has 0 saturated carbocycles. The maximum atomic E-state index is 9.08. The normalized spacial score (nSPS) is 23.6. The van der Waals surface area contributed by atoms with Gasteiger partial charge in [-0.3, -0.25) is 4.90 Å². The number of benzene rings is 1. The van der Waals surface area contributed by atoms with Crippen molar-refractivity contribution in [3.05, 3.63) is 29.3 Å². The SMILES string of the molecule is CC1(C)OB(c2ccc3c(c2)CCN(CCO)C3)OC1(C)C. The first kappa shape index (κ1) is 16.0. The van der Waals surface area contributed by atoms with Crippen molar-refractivity contribution in [3.8, 4) is 0 Å². The fourth-order valence-electron chi connectivity index (χ4n) is 3.09. The van der Waals surface area contributed by atoms with Crippen molar-refractivity contribution < 1.29 is 14.4 Å². The van der Waals surface area contributed by atoms with E-state index in [1.807, 2.05) is 0 Å². The van der Waals surface area contributed by atoms with Crippen LogP contribution in [0.5, 0.6) is 0 Å². The van der Waals surface area contributed by atoms with Crippen LogP contribution in [0.1, 0.15) is 38.8 Å². The maximum Gasteiger partial charge on any atom is 0.494 e. The summed E-state index contributed by atoms with van der Waals surface area (Å²) in [6.07, 6.45) is 1.02. The van der Waals surface area contributed by atoms with E-state index in [-0.39, 0.29) is 24.9 Å². The van der Waals surface area contributed by atoms with Crippen molar-refractivity contribution in [2.24, 2.45) is 0 Å². The largest absolute Gasteiger partial charge is 0.494 e. The Morgan fingerprint density at radius 1 is 1.14 bits per heavy atom. The molecular weight excluding hydrogens is 277 g/mol. The van der Waals surface area contributed by atoms with Gasteiger partial charge in [0.25, 0.3) is 0 Å². The molecule has 3 rings (SSSR count). The van der Waals surface area contributed by atoms with Crippen LogP contribution in [0.15, 0.2) is 18.2 Å². The molecule has 0 aliphatic carbocycles. The monoisotopic (exact) mass is 303 g/mol. The third-order valence-electron chi connectivity index (χ3n) is 5.26. The van der Waals surface area contributed by atoms with Crippen LogP contribution < -0.4 is 5.46 Å². The van der Waals surface area contributed by atoms with E-state index >= 15 is 0 Å². The van der Waals surface area contributed by atoms with Gasteiger partial charge in [-0.25, -0.2) is 0 Å². The zero-order valence-electron chi connectivity index (χ0n) is 14.1. The smallest absolute Gasteiger partial charge is 0.399 e. The summed E-state index contributed by atoms with van der Waals surface area (Å²) >= 11 is 0. The Balaban J connectivity index is 1.78. The molecular formula is C17H26BNO3. The third-order valence-corrected chi connectivity index (χ3v) is 5.26. The van der Waals surface area contributed by atoms with Gasteiger partial charge in [-0.1, -0.05) is 18.2 Å². The Morgan fingerprint density at radius 2 is 1.82 bits per heavy atom. The summed E-state index contributed by atoms with van der Waals surface area (Å²) in [4.78, 5) is 2.29. The first-order chi connectivity index (χ1) is 10.3. The van der Waals surface area contributed by atoms with Gasteiger partial charge in [0.15, 0.2) is 0 Å². The number of rotatable bonds is 3. The van der Waals surface area contributed by atoms with Crippen LogP contribution in [0.3, 0.4) is 0 Å². The van der Waals surface area contributed by atoms with Crippen LogP contribution in [-0.4, -0.2) is 48.0 Å². The summed E-state index contributed by atoms with van der Waals surface area (Å²) in [5.74, 6) is 0. The van der Waals surface area contributed by atoms with E-state index < -0.39 is 0 Å². The molecule has 0 amide bonds. The van der Waals surface area contributed by atoms with Gasteiger partial charge in [-0.15, -0.1) is 0 Å². The van der Waals surface area contributed by atoms with Crippen LogP contribution in [-0.2, 0) is 22.3 Å². The van der Waals surface area contributed by atoms with Crippen LogP contribution in [0.2, 0.25) is 0 Å². The van der Waals surface area contributed by atoms with Crippen LogP contribution >= 0.6 is 0 Å². The Kier molecular flexibility index (Phi) is 4.10. The van der Waals surface area contributed by atoms with Crippen molar-refractivity contribution >= 4 is 12.6 Å². The highest BCUT2D eigenvalue weighted by molar-refractivity contribution is 6.62. The number of aliphatic hydroxyl groups is 1. The lowest BCUT2D eigenvalue weighted by Crippen LogP contribution is -2.41. The van der Waals surface area contributed by atoms with E-state index in [2.05, 4.69) is 50.8 Å². The van der Waals surface area contributed by atoms with Crippen molar-refractivity contribution in [1.82, 2.24) is 4.90 Å². The highest BCUT2D eigenvalue weighted by Crippen LogP contribution is 2.36. The molecule has 0 unspecified atom stereocenters. The predicted octanol–water partition coefficient (Wildman–Crippen LogP) is 1.34. The molecule has 120 valence electrons. The van der Waals surface area contributed by atoms with Crippen molar-refractivity contribution in [3.63, 3.8) is 0 Å². The molecule has 1 fully saturated rings. The zero-order valence-corrected chi connectivity index (χ0v) is 14.1. The number of nitrogens with zero attached hydrogens (tertiary/aromatic N) is 1. The summed E-state index contributed by atoms with van der Waals surface area (Å²) in [5, 5.41) is 9.08. The molecule has 22 heavy (non-hydrogen) atoms. The van der Waals surface area contributed by atoms with E-state index in [0.717, 1.165) is 31.5 Å². The molecule has 5 heteroatoms. The molecule has 2 heterocycles. The van der Waals surface area contributed by atoms with Crippen molar-refractivity contribution in [2.45, 2.75) is 51.9 Å². The van der Waals surface area contributed by atoms with Gasteiger partial charge in [-0.2, -0.15) is 0 Å². The van der Waals surface area contributed by atoms with Gasteiger partial charge in [0.05, 0.1) is 17.8 Å². The molecule has 1 N–H and O–H groups in total. The molecule has 1 saturated heterocycles. The van der Waals surface area contributed by atoms with E-state index in [0.29, 0.717) is 0 Å². The molecule has 1 aromatic rings. The van der Waals surface area contributed by atoms with E-state index in [4.69, 9.17) is 14.4 Å². The molecule has 0 aromatic heterocycles. The van der Waals surface area contributed by atoms with E-state index in [1.54, 1.807) is 0 Å². The van der Waals surface area contributed by atoms with Crippen molar-refractivity contribution in [1.29, 1.82) is 0 Å². The molecule has 4 nitrogen and oxygen atoms in total. The number of hydrogen-bond acceptors (Lipinski definition) is 4. The Bertz CT molecular complexity index is 543. The molecule has 0 radical (unpaired) electrons. The molecule has 2 aliphatic heterocycles. The van der Waals surface area contributed by atoms with Crippen LogP contribution in [0.25, 0.3) is 0 Å². The summed E-state index contributed by atoms with van der Waals surface area (Å²) in [7, 11) is -0.286. The average Bonchev–Trinajstić information content (AvgIpc) is 2.67. The minimum atomic E-state index is -0.300. The fourth-order valence-corrected chi connectivity index (χ4v) is 3.09. The van der Waals surface area contributed by atoms with Gasteiger partial charge >= 0.3 is 7.12 Å². The first-order valence-electron chi connectivity index (χ1n) is 8.13. The van der Waals surface area contributed by atoms with Gasteiger partial charge < -0.3 is 14.4 Å². The number of hydrogen-bond donors (Lipinski definition) is 1. The molecule has 0 atom stereocenters. The predicted molar refractivity (Wildman–Crippen MR) is 88.2 cm³/mol. The van der Waals surface area contributed by atoms with Crippen LogP contribution in [0, 0.1) is 0 Å². The standard InChI is InChI=1S/C17H26BNO3/c1-16(2)17(3,4)22-18(21-16)15-6-5-14-12-19(9-10-20)8-7-13(14)11-15/h5-6,11,20H,7-10,12H2,1-4H3. The molecule has 1 aromatic carbocycles. The lowest BCUT2D eigenvalue weighted by Gasteiger charge is -2.32. The average molecular weight is 303 g/mol. The fraction of sp³-hybridized carbons (Fsp3) is 0.647. The second kappa shape index (κ2) is 5.64. The van der Waals surface area contributed by atoms with Gasteiger partial charge in [0.1, 0.15) is 0 Å². The lowest BCUT2D eigenvalue weighted by atomic mass is 9.77. The topological polar surface area (TPSA) is 41.9 Å². The summed E-state index contributed by atoms with van der Waals surface area (Å²) in [5.41, 5.74) is 3.23. The summed E-state index contributed by atoms with van der Waals surface area (Å²) in [6.45, 7) is 11.2. The Labute approximate surface area is 133 Å². The lowest BCUT2D eigenvalue weighted by molar-refractivity contribution is 0.00578. The van der Waals surface area contributed by atoms with Gasteiger partial charge in [-0.05, 0) is 50.7 Å². The number of β-amino-alcohol motifs (C(OH)–C–C–N with tert-alkyl or cyclic N) is 1. The first-order valence-corrected chi connectivity index (χ1v) is 8.13. The van der Waals surface area contributed by atoms with Crippen molar-refractivity contribution in [2.75, 3.05) is 19.7 Å². The minimum Gasteiger partial charge on any atom is -0.399 e. The Hall–Kier alpha value is -0.875. The highest BCUT2D eigenvalue weighted by Gasteiger charge is 2.51. The zero-order chi connectivity index (χ0) is 16.0. The molecule has 2 aliphatic rings.